The quantitative estimate of drug-likeness (QED) is 0.231. The largest absolute Gasteiger partial charge is 0.399 e. The van der Waals surface area contributed by atoms with Gasteiger partial charge in [-0.1, -0.05) is 84.9 Å². The fraction of sp³-hybridized carbons (Fsp3) is 0. The van der Waals surface area contributed by atoms with Crippen LogP contribution in [-0.2, 0) is 0 Å². The summed E-state index contributed by atoms with van der Waals surface area (Å²) in [5.74, 6) is 0. The first-order valence-corrected chi connectivity index (χ1v) is 13.2. The molecule has 0 radical (unpaired) electrons. The molecule has 0 amide bonds. The molecule has 0 fully saturated rings. The molecule has 0 aliphatic carbocycles. The Morgan fingerprint density at radius 2 is 0.775 bits per heavy atom. The van der Waals surface area contributed by atoms with E-state index in [4.69, 9.17) is 21.4 Å². The van der Waals surface area contributed by atoms with E-state index in [1.807, 2.05) is 48.5 Å². The van der Waals surface area contributed by atoms with Gasteiger partial charge in [0.25, 0.3) is 0 Å². The van der Waals surface area contributed by atoms with Crippen LogP contribution in [0, 0.1) is 0 Å². The van der Waals surface area contributed by atoms with E-state index in [1.54, 1.807) is 0 Å². The number of nitrogens with zero attached hydrogens (tertiary/aromatic N) is 2. The molecule has 0 saturated carbocycles. The highest BCUT2D eigenvalue weighted by molar-refractivity contribution is 5.99. The molecule has 4 heteroatoms. The molecule has 0 aliphatic rings. The van der Waals surface area contributed by atoms with E-state index in [2.05, 4.69) is 84.9 Å². The lowest BCUT2D eigenvalue weighted by Gasteiger charge is -2.13. The third-order valence-corrected chi connectivity index (χ3v) is 7.31. The van der Waals surface area contributed by atoms with Crippen LogP contribution in [-0.4, -0.2) is 9.97 Å². The molecule has 0 atom stereocenters. The minimum atomic E-state index is 0.726. The summed E-state index contributed by atoms with van der Waals surface area (Å²) in [5, 5.41) is 2.09. The van der Waals surface area contributed by atoms with Gasteiger partial charge in [-0.2, -0.15) is 0 Å². The lowest BCUT2D eigenvalue weighted by molar-refractivity contribution is 1.38. The Hall–Kier alpha value is -5.48. The second-order valence-corrected chi connectivity index (χ2v) is 9.97. The van der Waals surface area contributed by atoms with Crippen molar-refractivity contribution in [3.05, 3.63) is 133 Å². The first kappa shape index (κ1) is 23.6. The first-order valence-electron chi connectivity index (χ1n) is 13.2. The van der Waals surface area contributed by atoms with Gasteiger partial charge < -0.3 is 11.5 Å². The van der Waals surface area contributed by atoms with Crippen molar-refractivity contribution in [2.75, 3.05) is 11.5 Å². The van der Waals surface area contributed by atoms with Crippen LogP contribution in [0.1, 0.15) is 0 Å². The van der Waals surface area contributed by atoms with E-state index in [0.29, 0.717) is 0 Å². The van der Waals surface area contributed by atoms with Crippen molar-refractivity contribution in [2.45, 2.75) is 0 Å². The summed E-state index contributed by atoms with van der Waals surface area (Å²) < 4.78 is 0. The van der Waals surface area contributed by atoms with Crippen molar-refractivity contribution in [1.82, 2.24) is 9.97 Å². The van der Waals surface area contributed by atoms with Crippen molar-refractivity contribution >= 4 is 33.2 Å². The number of hydrogen-bond donors (Lipinski definition) is 2. The standard InChI is InChI=1S/C36H26N4/c37-27-15-17-33-31(19-27)29(23-7-3-1-4-8-23)21-35(39-33)25-11-13-26(14-12-25)36-22-30(24-9-5-2-6-10-24)32-20-28(38)16-18-34(32)40-36/h1-22H,37-38H2. The highest BCUT2D eigenvalue weighted by Gasteiger charge is 2.13. The van der Waals surface area contributed by atoms with Gasteiger partial charge in [0.15, 0.2) is 0 Å². The molecule has 2 heterocycles. The highest BCUT2D eigenvalue weighted by Crippen LogP contribution is 2.36. The van der Waals surface area contributed by atoms with E-state index in [9.17, 15) is 0 Å². The van der Waals surface area contributed by atoms with Crippen molar-refractivity contribution in [1.29, 1.82) is 0 Å². The zero-order valence-corrected chi connectivity index (χ0v) is 21.8. The molecular weight excluding hydrogens is 488 g/mol. The van der Waals surface area contributed by atoms with Crippen LogP contribution in [0.15, 0.2) is 133 Å². The SMILES string of the molecule is Nc1ccc2nc(-c3ccc(-c4cc(-c5ccccc5)c5cc(N)ccc5n4)cc3)cc(-c3ccccc3)c2c1. The molecule has 4 nitrogen and oxygen atoms in total. The number of fused-ring (bicyclic) bond motifs is 2. The number of aromatic nitrogens is 2. The zero-order valence-electron chi connectivity index (χ0n) is 21.8. The molecule has 0 aliphatic heterocycles. The summed E-state index contributed by atoms with van der Waals surface area (Å²) in [7, 11) is 0. The fourth-order valence-corrected chi connectivity index (χ4v) is 5.31. The predicted octanol–water partition coefficient (Wildman–Crippen LogP) is 8.62. The molecule has 7 rings (SSSR count). The average molecular weight is 515 g/mol. The molecular formula is C36H26N4. The predicted molar refractivity (Wildman–Crippen MR) is 168 cm³/mol. The van der Waals surface area contributed by atoms with Crippen molar-refractivity contribution < 1.29 is 0 Å². The topological polar surface area (TPSA) is 77.8 Å². The molecule has 190 valence electrons. The lowest BCUT2D eigenvalue weighted by Crippen LogP contribution is -1.93. The number of nitrogens with two attached hydrogens (primary N) is 2. The van der Waals surface area contributed by atoms with Crippen LogP contribution >= 0.6 is 0 Å². The molecule has 0 bridgehead atoms. The third kappa shape index (κ3) is 4.32. The molecule has 0 saturated heterocycles. The highest BCUT2D eigenvalue weighted by atomic mass is 14.7. The summed E-state index contributed by atoms with van der Waals surface area (Å²) >= 11 is 0. The van der Waals surface area contributed by atoms with Crippen LogP contribution in [0.5, 0.6) is 0 Å². The van der Waals surface area contributed by atoms with Crippen LogP contribution in [0.3, 0.4) is 0 Å². The van der Waals surface area contributed by atoms with Crippen LogP contribution < -0.4 is 11.5 Å². The smallest absolute Gasteiger partial charge is 0.0717 e. The zero-order chi connectivity index (χ0) is 27.1. The van der Waals surface area contributed by atoms with E-state index < -0.39 is 0 Å². The van der Waals surface area contributed by atoms with E-state index >= 15 is 0 Å². The van der Waals surface area contributed by atoms with Gasteiger partial charge in [-0.15, -0.1) is 0 Å². The number of rotatable bonds is 4. The Bertz CT molecular complexity index is 1850. The molecule has 5 aromatic carbocycles. The minimum absolute atomic E-state index is 0.726. The second kappa shape index (κ2) is 9.68. The fourth-order valence-electron chi connectivity index (χ4n) is 5.31. The van der Waals surface area contributed by atoms with E-state index in [1.165, 1.54) is 0 Å². The number of benzene rings is 5. The number of pyridine rings is 2. The lowest BCUT2D eigenvalue weighted by atomic mass is 9.96. The second-order valence-electron chi connectivity index (χ2n) is 9.97. The summed E-state index contributed by atoms with van der Waals surface area (Å²) in [5.41, 5.74) is 24.0. The summed E-state index contributed by atoms with van der Waals surface area (Å²) in [4.78, 5) is 9.99. The average Bonchev–Trinajstić information content (AvgIpc) is 3.01. The van der Waals surface area contributed by atoms with Gasteiger partial charge in [0.1, 0.15) is 0 Å². The monoisotopic (exact) mass is 514 g/mol. The molecule has 0 unspecified atom stereocenters. The summed E-state index contributed by atoms with van der Waals surface area (Å²) in [6.45, 7) is 0. The van der Waals surface area contributed by atoms with Crippen molar-refractivity contribution in [3.63, 3.8) is 0 Å². The number of nitrogen functional groups attached to an aromatic ring is 2. The maximum atomic E-state index is 6.14. The van der Waals surface area contributed by atoms with Crippen LogP contribution in [0.25, 0.3) is 66.6 Å². The van der Waals surface area contributed by atoms with Gasteiger partial charge in [-0.3, -0.25) is 0 Å². The first-order chi connectivity index (χ1) is 19.6. The Morgan fingerprint density at radius 3 is 1.18 bits per heavy atom. The summed E-state index contributed by atoms with van der Waals surface area (Å²) in [6, 6.07) is 45.3. The molecule has 0 spiro atoms. The van der Waals surface area contributed by atoms with Gasteiger partial charge in [0.05, 0.1) is 22.4 Å². The number of hydrogen-bond acceptors (Lipinski definition) is 4. The molecule has 7 aromatic rings. The Morgan fingerprint density at radius 1 is 0.375 bits per heavy atom. The maximum absolute atomic E-state index is 6.14. The Balaban J connectivity index is 1.34. The van der Waals surface area contributed by atoms with E-state index in [0.717, 1.165) is 77.9 Å². The van der Waals surface area contributed by atoms with Crippen molar-refractivity contribution in [2.24, 2.45) is 0 Å². The third-order valence-electron chi connectivity index (χ3n) is 7.31. The van der Waals surface area contributed by atoms with Gasteiger partial charge >= 0.3 is 0 Å². The van der Waals surface area contributed by atoms with E-state index in [-0.39, 0.29) is 0 Å². The normalized spacial score (nSPS) is 11.2. The van der Waals surface area contributed by atoms with Crippen LogP contribution in [0.4, 0.5) is 11.4 Å². The van der Waals surface area contributed by atoms with Gasteiger partial charge in [0, 0.05) is 33.3 Å². The molecule has 2 aromatic heterocycles. The Labute approximate surface area is 232 Å². The minimum Gasteiger partial charge on any atom is -0.399 e. The van der Waals surface area contributed by atoms with Gasteiger partial charge in [-0.25, -0.2) is 9.97 Å². The maximum Gasteiger partial charge on any atom is 0.0717 e. The summed E-state index contributed by atoms with van der Waals surface area (Å²) in [6.07, 6.45) is 0. The Kier molecular flexibility index (Phi) is 5.72. The van der Waals surface area contributed by atoms with Crippen LogP contribution in [0.2, 0.25) is 0 Å². The number of anilines is 2. The van der Waals surface area contributed by atoms with Crippen molar-refractivity contribution in [3.8, 4) is 44.8 Å². The molecule has 4 N–H and O–H groups in total. The van der Waals surface area contributed by atoms with Gasteiger partial charge in [0.2, 0.25) is 0 Å². The molecule has 40 heavy (non-hydrogen) atoms. The van der Waals surface area contributed by atoms with Gasteiger partial charge in [-0.05, 0) is 70.8 Å².